The molecule has 2 N–H and O–H groups in total. The number of unbranched alkanes of at least 4 members (excludes halogenated alkanes) is 3. The van der Waals surface area contributed by atoms with Crippen LogP contribution in [0.1, 0.15) is 57.1 Å². The largest absolute Gasteiger partial charge is 0.504 e. The van der Waals surface area contributed by atoms with E-state index in [2.05, 4.69) is 6.92 Å². The van der Waals surface area contributed by atoms with E-state index in [1.165, 1.54) is 24.3 Å². The summed E-state index contributed by atoms with van der Waals surface area (Å²) in [4.78, 5) is -0.634. The Labute approximate surface area is 214 Å². The van der Waals surface area contributed by atoms with Crippen LogP contribution in [0.3, 0.4) is 0 Å². The lowest BCUT2D eigenvalue weighted by atomic mass is 10.1. The molecular weight excluding hydrogens is 498 g/mol. The van der Waals surface area contributed by atoms with Crippen molar-refractivity contribution in [2.24, 2.45) is 0 Å². The van der Waals surface area contributed by atoms with Gasteiger partial charge in [0, 0.05) is 6.07 Å². The van der Waals surface area contributed by atoms with Gasteiger partial charge in [0.15, 0.2) is 11.5 Å². The van der Waals surface area contributed by atoms with Crippen molar-refractivity contribution in [3.8, 4) is 11.5 Å². The van der Waals surface area contributed by atoms with Gasteiger partial charge in [-0.05, 0) is 66.8 Å². The summed E-state index contributed by atoms with van der Waals surface area (Å²) < 4.78 is 55.2. The Hall–Kier alpha value is -3.04. The van der Waals surface area contributed by atoms with Crippen LogP contribution in [0.15, 0.2) is 76.5 Å². The van der Waals surface area contributed by atoms with Gasteiger partial charge < -0.3 is 10.2 Å². The average molecular weight is 532 g/mol. The maximum Gasteiger partial charge on any atom is 0.277 e. The molecule has 0 atom stereocenters. The van der Waals surface area contributed by atoms with Crippen LogP contribution in [0.4, 0.5) is 5.69 Å². The maximum absolute atomic E-state index is 13.7. The lowest BCUT2D eigenvalue weighted by Crippen LogP contribution is -2.37. The predicted octanol–water partition coefficient (Wildman–Crippen LogP) is 5.76. The SMILES string of the molecule is CCCCCCc1ccc(N(S(=O)(=O)c2ccc(CCC)cc2)S(=O)(=O)c2ccc(O)c(O)c2)cc1. The molecule has 0 saturated carbocycles. The molecule has 0 heterocycles. The van der Waals surface area contributed by atoms with E-state index in [1.807, 2.05) is 6.92 Å². The molecule has 194 valence electrons. The highest BCUT2D eigenvalue weighted by Gasteiger charge is 2.37. The lowest BCUT2D eigenvalue weighted by Gasteiger charge is -2.24. The maximum atomic E-state index is 13.7. The smallest absolute Gasteiger partial charge is 0.277 e. The highest BCUT2D eigenvalue weighted by molar-refractivity contribution is 8.10. The second-order valence-corrected chi connectivity index (χ2v) is 12.5. The Bertz CT molecular complexity index is 1370. The van der Waals surface area contributed by atoms with Crippen LogP contribution < -0.4 is 3.71 Å². The first-order chi connectivity index (χ1) is 17.1. The number of aromatic hydroxyl groups is 2. The summed E-state index contributed by atoms with van der Waals surface area (Å²) in [6.07, 6.45) is 6.81. The van der Waals surface area contributed by atoms with Gasteiger partial charge in [-0.2, -0.15) is 3.71 Å². The molecule has 3 aromatic carbocycles. The fraction of sp³-hybridized carbons (Fsp3) is 0.333. The minimum Gasteiger partial charge on any atom is -0.504 e. The minimum absolute atomic E-state index is 0.0440. The molecule has 0 aliphatic heterocycles. The Morgan fingerprint density at radius 1 is 0.611 bits per heavy atom. The van der Waals surface area contributed by atoms with Crippen molar-refractivity contribution in [3.63, 3.8) is 0 Å². The van der Waals surface area contributed by atoms with E-state index < -0.39 is 36.4 Å². The van der Waals surface area contributed by atoms with Gasteiger partial charge in [0.05, 0.1) is 15.5 Å². The average Bonchev–Trinajstić information content (AvgIpc) is 2.85. The number of anilines is 1. The van der Waals surface area contributed by atoms with Crippen molar-refractivity contribution in [1.82, 2.24) is 0 Å². The monoisotopic (exact) mass is 531 g/mol. The highest BCUT2D eigenvalue weighted by Crippen LogP contribution is 2.34. The van der Waals surface area contributed by atoms with E-state index in [-0.39, 0.29) is 10.6 Å². The fourth-order valence-corrected chi connectivity index (χ4v) is 7.63. The second kappa shape index (κ2) is 11.8. The minimum atomic E-state index is -4.68. The van der Waals surface area contributed by atoms with E-state index in [0.29, 0.717) is 3.71 Å². The van der Waals surface area contributed by atoms with Crippen LogP contribution in [0, 0.1) is 0 Å². The van der Waals surface area contributed by atoms with E-state index in [1.54, 1.807) is 24.3 Å². The first-order valence-corrected chi connectivity index (χ1v) is 15.0. The zero-order valence-electron chi connectivity index (χ0n) is 20.6. The molecular formula is C27H33NO6S2. The number of nitrogens with zero attached hydrogens (tertiary/aromatic N) is 1. The Kier molecular flexibility index (Phi) is 9.03. The quantitative estimate of drug-likeness (QED) is 0.227. The number of aryl methyl sites for hydroxylation is 2. The van der Waals surface area contributed by atoms with Crippen LogP contribution in [0.25, 0.3) is 0 Å². The number of hydrogen-bond acceptors (Lipinski definition) is 6. The summed E-state index contributed by atoms with van der Waals surface area (Å²) in [7, 11) is -9.23. The number of sulfonamides is 2. The van der Waals surface area contributed by atoms with Crippen molar-refractivity contribution < 1.29 is 27.0 Å². The van der Waals surface area contributed by atoms with E-state index in [4.69, 9.17) is 0 Å². The zero-order chi connectivity index (χ0) is 26.3. The molecule has 0 aliphatic rings. The molecule has 0 fully saturated rings. The summed E-state index contributed by atoms with van der Waals surface area (Å²) in [6, 6.07) is 15.5. The molecule has 0 radical (unpaired) electrons. The van der Waals surface area contributed by atoms with Crippen molar-refractivity contribution in [2.75, 3.05) is 3.71 Å². The molecule has 0 aliphatic carbocycles. The van der Waals surface area contributed by atoms with Gasteiger partial charge in [0.2, 0.25) is 0 Å². The third kappa shape index (κ3) is 6.20. The lowest BCUT2D eigenvalue weighted by molar-refractivity contribution is 0.402. The molecule has 9 heteroatoms. The number of phenolic OH excluding ortho intramolecular Hbond substituents is 2. The van der Waals surface area contributed by atoms with Gasteiger partial charge in [-0.1, -0.05) is 63.8 Å². The second-order valence-electron chi connectivity index (χ2n) is 8.73. The van der Waals surface area contributed by atoms with Crippen molar-refractivity contribution >= 4 is 25.7 Å². The molecule has 0 spiro atoms. The van der Waals surface area contributed by atoms with Crippen LogP contribution in [-0.4, -0.2) is 27.0 Å². The van der Waals surface area contributed by atoms with Crippen LogP contribution >= 0.6 is 0 Å². The van der Waals surface area contributed by atoms with Gasteiger partial charge >= 0.3 is 0 Å². The van der Waals surface area contributed by atoms with Crippen molar-refractivity contribution in [1.29, 1.82) is 0 Å². The summed E-state index contributed by atoms with van der Waals surface area (Å²) in [5.74, 6) is -1.18. The third-order valence-corrected chi connectivity index (χ3v) is 10.1. The summed E-state index contributed by atoms with van der Waals surface area (Å²) in [5.41, 5.74) is 1.88. The third-order valence-electron chi connectivity index (χ3n) is 5.91. The number of hydrogen-bond donors (Lipinski definition) is 2. The summed E-state index contributed by atoms with van der Waals surface area (Å²) in [5, 5.41) is 19.5. The molecule has 0 amide bonds. The molecule has 0 unspecified atom stereocenters. The van der Waals surface area contributed by atoms with E-state index in [9.17, 15) is 27.0 Å². The summed E-state index contributed by atoms with van der Waals surface area (Å²) in [6.45, 7) is 4.15. The molecule has 0 bridgehead atoms. The predicted molar refractivity (Wildman–Crippen MR) is 141 cm³/mol. The van der Waals surface area contributed by atoms with Gasteiger partial charge in [-0.3, -0.25) is 0 Å². The molecule has 7 nitrogen and oxygen atoms in total. The molecule has 0 aromatic heterocycles. The van der Waals surface area contributed by atoms with Gasteiger partial charge in [0.1, 0.15) is 0 Å². The topological polar surface area (TPSA) is 112 Å². The van der Waals surface area contributed by atoms with Crippen LogP contribution in [-0.2, 0) is 32.9 Å². The van der Waals surface area contributed by atoms with Crippen LogP contribution in [0.5, 0.6) is 11.5 Å². The Balaban J connectivity index is 2.07. The molecule has 3 rings (SSSR count). The van der Waals surface area contributed by atoms with Crippen molar-refractivity contribution in [2.45, 2.75) is 68.6 Å². The number of benzene rings is 3. The highest BCUT2D eigenvalue weighted by atomic mass is 32.3. The van der Waals surface area contributed by atoms with Gasteiger partial charge in [-0.25, -0.2) is 16.8 Å². The standard InChI is InChI=1S/C27H33NO6S2/c1-3-5-6-7-9-22-10-14-23(15-11-22)28(36(33,34)25-18-19-26(29)27(30)20-25)35(31,32)24-16-12-21(8-4-2)13-17-24/h10-20,29-30H,3-9H2,1-2H3. The summed E-state index contributed by atoms with van der Waals surface area (Å²) >= 11 is 0. The Morgan fingerprint density at radius 2 is 1.17 bits per heavy atom. The fourth-order valence-electron chi connectivity index (χ4n) is 3.92. The first-order valence-electron chi connectivity index (χ1n) is 12.1. The van der Waals surface area contributed by atoms with E-state index >= 15 is 0 Å². The van der Waals surface area contributed by atoms with Gasteiger partial charge in [0.25, 0.3) is 20.0 Å². The van der Waals surface area contributed by atoms with E-state index in [0.717, 1.165) is 74.3 Å². The number of rotatable bonds is 12. The van der Waals surface area contributed by atoms with Crippen molar-refractivity contribution in [3.05, 3.63) is 77.9 Å². The normalized spacial score (nSPS) is 11.9. The zero-order valence-corrected chi connectivity index (χ0v) is 22.2. The van der Waals surface area contributed by atoms with Gasteiger partial charge in [-0.15, -0.1) is 0 Å². The molecule has 36 heavy (non-hydrogen) atoms. The first kappa shape index (κ1) is 27.5. The molecule has 3 aromatic rings. The number of phenols is 2. The Morgan fingerprint density at radius 3 is 1.75 bits per heavy atom. The molecule has 0 saturated heterocycles. The van der Waals surface area contributed by atoms with Crippen LogP contribution in [0.2, 0.25) is 0 Å².